The molecule has 2 aromatic heterocycles. The Labute approximate surface area is 428 Å². The van der Waals surface area contributed by atoms with Crippen LogP contribution in [0, 0.1) is 12.1 Å². The van der Waals surface area contributed by atoms with Gasteiger partial charge in [-0.25, -0.2) is 14.1 Å². The number of imidazole rings is 1. The zero-order valence-corrected chi connectivity index (χ0v) is 43.2. The van der Waals surface area contributed by atoms with Crippen LogP contribution in [0.15, 0.2) is 201 Å². The molecule has 0 saturated heterocycles. The van der Waals surface area contributed by atoms with Crippen LogP contribution >= 0.6 is 0 Å². The molecule has 0 bridgehead atoms. The maximum absolute atomic E-state index is 5.20. The van der Waals surface area contributed by atoms with Crippen LogP contribution in [0.1, 0.15) is 82.9 Å². The van der Waals surface area contributed by atoms with E-state index < -0.39 is 0 Å². The van der Waals surface area contributed by atoms with Gasteiger partial charge in [0.2, 0.25) is 0 Å². The van der Waals surface area contributed by atoms with Gasteiger partial charge in [0, 0.05) is 56.2 Å². The summed E-state index contributed by atoms with van der Waals surface area (Å²) in [5, 5.41) is 0. The Bertz CT molecular complexity index is 3330. The molecule has 2 aliphatic rings. The Morgan fingerprint density at radius 2 is 1.20 bits per heavy atom. The second kappa shape index (κ2) is 19.0. The molecule has 0 radical (unpaired) electrons. The quantitative estimate of drug-likeness (QED) is 0.128. The third kappa shape index (κ3) is 8.35. The minimum atomic E-state index is -0.136. The largest absolute Gasteiger partial charge is 0.357 e. The number of anilines is 5. The molecule has 11 rings (SSSR count). The maximum Gasteiger partial charge on any atom is 0.188 e. The molecule has 0 fully saturated rings. The van der Waals surface area contributed by atoms with Crippen LogP contribution in [0.3, 0.4) is 0 Å². The van der Waals surface area contributed by atoms with Gasteiger partial charge in [0.05, 0.1) is 17.3 Å². The fourth-order valence-corrected chi connectivity index (χ4v) is 10.6. The van der Waals surface area contributed by atoms with E-state index in [1.807, 2.05) is 6.20 Å². The molecular formula is C64H58N5Pt-. The molecule has 5 nitrogen and oxygen atoms in total. The molecule has 2 unspecified atom stereocenters. The first-order chi connectivity index (χ1) is 33.5. The summed E-state index contributed by atoms with van der Waals surface area (Å²) < 4.78 is 4.64. The number of aromatic nitrogens is 3. The number of rotatable bonds is 10. The number of benzene rings is 7. The summed E-state index contributed by atoms with van der Waals surface area (Å²) in [6, 6.07) is 67.4. The van der Waals surface area contributed by atoms with Crippen molar-refractivity contribution in [1.82, 2.24) is 14.1 Å². The molecule has 0 N–H and O–H groups in total. The molecule has 6 heteroatoms. The zero-order chi connectivity index (χ0) is 47.4. The minimum absolute atomic E-state index is 0. The van der Waals surface area contributed by atoms with Gasteiger partial charge in [-0.05, 0) is 96.2 Å². The van der Waals surface area contributed by atoms with Gasteiger partial charge in [-0.15, -0.1) is 29.8 Å². The van der Waals surface area contributed by atoms with E-state index in [9.17, 15) is 0 Å². The minimum Gasteiger partial charge on any atom is -0.357 e. The van der Waals surface area contributed by atoms with Gasteiger partial charge in [0.25, 0.3) is 0 Å². The first kappa shape index (κ1) is 46.6. The van der Waals surface area contributed by atoms with E-state index in [2.05, 4.69) is 274 Å². The Morgan fingerprint density at radius 3 is 1.86 bits per heavy atom. The molecule has 0 saturated carbocycles. The summed E-state index contributed by atoms with van der Waals surface area (Å²) >= 11 is 0. The Hall–Kier alpha value is -7.07. The average Bonchev–Trinajstić information content (AvgIpc) is 3.94. The molecule has 9 aromatic rings. The van der Waals surface area contributed by atoms with Gasteiger partial charge in [-0.1, -0.05) is 172 Å². The fraction of sp³-hybridized carbons (Fsp3) is 0.188. The monoisotopic (exact) mass is 1090 g/mol. The van der Waals surface area contributed by atoms with Crippen LogP contribution in [0.25, 0.3) is 50.1 Å². The van der Waals surface area contributed by atoms with Crippen LogP contribution in [-0.2, 0) is 26.6 Å². The van der Waals surface area contributed by atoms with E-state index in [0.717, 1.165) is 62.0 Å². The molecule has 7 aromatic carbocycles. The van der Waals surface area contributed by atoms with Crippen molar-refractivity contribution >= 4 is 39.6 Å². The predicted octanol–water partition coefficient (Wildman–Crippen LogP) is 16.9. The number of pyridine rings is 1. The van der Waals surface area contributed by atoms with Crippen molar-refractivity contribution in [2.75, 3.05) is 9.80 Å². The summed E-state index contributed by atoms with van der Waals surface area (Å²) in [5.74, 6) is 1.77. The molecule has 70 heavy (non-hydrogen) atoms. The topological polar surface area (TPSA) is 29.2 Å². The Kier molecular flexibility index (Phi) is 12.7. The van der Waals surface area contributed by atoms with Crippen molar-refractivity contribution in [2.24, 2.45) is 0 Å². The van der Waals surface area contributed by atoms with Crippen LogP contribution in [0.2, 0.25) is 0 Å². The summed E-state index contributed by atoms with van der Waals surface area (Å²) in [5.41, 5.74) is 17.9. The second-order valence-electron chi connectivity index (χ2n) is 20.0. The molecule has 1 aliphatic carbocycles. The van der Waals surface area contributed by atoms with E-state index in [1.165, 1.54) is 33.3 Å². The fourth-order valence-electron chi connectivity index (χ4n) is 10.6. The predicted molar refractivity (Wildman–Crippen MR) is 289 cm³/mol. The van der Waals surface area contributed by atoms with Gasteiger partial charge in [0.1, 0.15) is 5.82 Å². The molecule has 1 aliphatic heterocycles. The normalized spacial score (nSPS) is 15.1. The van der Waals surface area contributed by atoms with E-state index in [-0.39, 0.29) is 38.6 Å². The van der Waals surface area contributed by atoms with Gasteiger partial charge in [0.15, 0.2) is 17.4 Å². The molecule has 350 valence electrons. The van der Waals surface area contributed by atoms with E-state index in [4.69, 9.17) is 4.98 Å². The third-order valence-corrected chi connectivity index (χ3v) is 13.9. The van der Waals surface area contributed by atoms with Crippen molar-refractivity contribution in [3.63, 3.8) is 0 Å². The molecular weight excluding hydrogens is 1030 g/mol. The van der Waals surface area contributed by atoms with Gasteiger partial charge < -0.3 is 9.80 Å². The first-order valence-electron chi connectivity index (χ1n) is 24.4. The summed E-state index contributed by atoms with van der Waals surface area (Å²) in [7, 11) is 0. The standard InChI is InChI=1S/C64H58N5.Pt/c1-43(2)51-28-19-29-52(44(3)4)62(51)47-37-38-65-61(39-47)69-57-32-15-14-27-55(57)56-36-35-50(41-60(56)69)68(63-53(45-21-10-8-11-22-45)30-20-31-54(63)46-23-12-9-13-24-46)49-26-18-25-48(40-49)66-42-67(64(5,6)7)59-34-17-16-33-58(59)66;/h8-39,42-44,55,57H,1-7H3;/q-1;. The van der Waals surface area contributed by atoms with Crippen LogP contribution < -0.4 is 9.80 Å². The smallest absolute Gasteiger partial charge is 0.188 e. The van der Waals surface area contributed by atoms with E-state index in [0.29, 0.717) is 11.8 Å². The molecule has 3 heterocycles. The summed E-state index contributed by atoms with van der Waals surface area (Å²) in [6.45, 7) is 15.9. The van der Waals surface area contributed by atoms with E-state index >= 15 is 0 Å². The van der Waals surface area contributed by atoms with Crippen molar-refractivity contribution in [3.05, 3.63) is 229 Å². The Morgan fingerprint density at radius 1 is 0.600 bits per heavy atom. The summed E-state index contributed by atoms with van der Waals surface area (Å²) in [4.78, 5) is 10.0. The Balaban J connectivity index is 0.00000567. The third-order valence-electron chi connectivity index (χ3n) is 13.9. The number of nitrogens with zero attached hydrogens (tertiary/aromatic N) is 5. The van der Waals surface area contributed by atoms with E-state index in [1.54, 1.807) is 0 Å². The van der Waals surface area contributed by atoms with Crippen LogP contribution in [0.5, 0.6) is 0 Å². The van der Waals surface area contributed by atoms with Gasteiger partial charge in [-0.3, -0.25) is 0 Å². The number of allylic oxidation sites excluding steroid dienone is 2. The van der Waals surface area contributed by atoms with Crippen LogP contribution in [0.4, 0.5) is 28.6 Å². The number of fused-ring (bicyclic) bond motifs is 4. The first-order valence-corrected chi connectivity index (χ1v) is 24.4. The zero-order valence-electron chi connectivity index (χ0n) is 40.9. The molecule has 0 amide bonds. The average molecular weight is 1090 g/mol. The SMILES string of the molecule is CC(C)c1cccc(C(C)C)c1-c1ccnc(N2c3[c-]c(N(c4[c-]c(-n5[cH+]n(C(C)(C)C)c6ccccc65)ccc4)c4c(-c5ccccc5)cccc4-c4ccccc4)ccc3C3C=CC=CC32)c1.[Pt]. The van der Waals surface area contributed by atoms with Crippen molar-refractivity contribution in [1.29, 1.82) is 0 Å². The summed E-state index contributed by atoms with van der Waals surface area (Å²) in [6.07, 6.45) is 13.2. The number of hydrogen-bond acceptors (Lipinski definition) is 3. The van der Waals surface area contributed by atoms with Gasteiger partial charge in [-0.2, -0.15) is 12.1 Å². The van der Waals surface area contributed by atoms with Crippen molar-refractivity contribution in [2.45, 2.75) is 77.8 Å². The number of para-hydroxylation sites is 3. The number of hydrogen-bond donors (Lipinski definition) is 0. The molecule has 0 spiro atoms. The maximum atomic E-state index is 5.20. The second-order valence-corrected chi connectivity index (χ2v) is 20.0. The van der Waals surface area contributed by atoms with Crippen LogP contribution in [-0.4, -0.2) is 20.2 Å². The van der Waals surface area contributed by atoms with Crippen molar-refractivity contribution in [3.8, 4) is 39.1 Å². The van der Waals surface area contributed by atoms with Crippen molar-refractivity contribution < 1.29 is 21.1 Å². The molecule has 2 atom stereocenters. The van der Waals surface area contributed by atoms with Gasteiger partial charge >= 0.3 is 0 Å².